The summed E-state index contributed by atoms with van der Waals surface area (Å²) in [6.45, 7) is 3.71. The SMILES string of the molecule is CCOc1cc([C@@H]2/C(=C(\O)c3ccc(Cl)cc3)C(=O)C(=O)N2c2cc(C)on2)ccc1O. The Bertz CT molecular complexity index is 1230. The van der Waals surface area contributed by atoms with Gasteiger partial charge in [-0.15, -0.1) is 0 Å². The number of phenolic OH excluding ortho intramolecular Hbond substituents is 1. The molecular formula is C23H19ClN2O6. The lowest BCUT2D eigenvalue weighted by Gasteiger charge is -2.23. The molecule has 0 radical (unpaired) electrons. The molecule has 0 bridgehead atoms. The van der Waals surface area contributed by atoms with Gasteiger partial charge in [-0.1, -0.05) is 22.8 Å². The summed E-state index contributed by atoms with van der Waals surface area (Å²) in [6, 6.07) is 11.2. The van der Waals surface area contributed by atoms with Crippen molar-refractivity contribution in [3.63, 3.8) is 0 Å². The second-order valence-corrected chi connectivity index (χ2v) is 7.57. The Morgan fingerprint density at radius 3 is 2.53 bits per heavy atom. The van der Waals surface area contributed by atoms with Gasteiger partial charge in [-0.2, -0.15) is 0 Å². The summed E-state index contributed by atoms with van der Waals surface area (Å²) in [6.07, 6.45) is 0. The average Bonchev–Trinajstić information content (AvgIpc) is 3.31. The highest BCUT2D eigenvalue weighted by molar-refractivity contribution is 6.51. The quantitative estimate of drug-likeness (QED) is 0.334. The first-order valence-corrected chi connectivity index (χ1v) is 10.2. The van der Waals surface area contributed by atoms with Crippen molar-refractivity contribution < 1.29 is 29.1 Å². The number of nitrogens with zero attached hydrogens (tertiary/aromatic N) is 2. The Balaban J connectivity index is 1.94. The van der Waals surface area contributed by atoms with Crippen LogP contribution >= 0.6 is 11.6 Å². The van der Waals surface area contributed by atoms with Crippen LogP contribution in [0, 0.1) is 6.92 Å². The summed E-state index contributed by atoms with van der Waals surface area (Å²) in [7, 11) is 0. The van der Waals surface area contributed by atoms with Gasteiger partial charge in [0.1, 0.15) is 11.5 Å². The van der Waals surface area contributed by atoms with Crippen LogP contribution < -0.4 is 9.64 Å². The third-order valence-electron chi connectivity index (χ3n) is 5.02. The highest BCUT2D eigenvalue weighted by Gasteiger charge is 2.48. The van der Waals surface area contributed by atoms with Gasteiger partial charge in [-0.3, -0.25) is 14.5 Å². The molecule has 164 valence electrons. The molecule has 2 N–H and O–H groups in total. The minimum absolute atomic E-state index is 0.0949. The fourth-order valence-corrected chi connectivity index (χ4v) is 3.71. The van der Waals surface area contributed by atoms with E-state index in [1.165, 1.54) is 18.2 Å². The van der Waals surface area contributed by atoms with Crippen molar-refractivity contribution in [2.24, 2.45) is 0 Å². The number of benzene rings is 2. The lowest BCUT2D eigenvalue weighted by molar-refractivity contribution is -0.132. The number of anilines is 1. The number of aryl methyl sites for hydroxylation is 1. The zero-order valence-electron chi connectivity index (χ0n) is 17.2. The number of aromatic hydroxyl groups is 1. The van der Waals surface area contributed by atoms with E-state index in [4.69, 9.17) is 20.9 Å². The number of aromatic nitrogens is 1. The second kappa shape index (κ2) is 8.39. The Morgan fingerprint density at radius 2 is 1.91 bits per heavy atom. The van der Waals surface area contributed by atoms with Gasteiger partial charge in [0.2, 0.25) is 0 Å². The standard InChI is InChI=1S/C23H19ClN2O6/c1-3-31-17-11-14(6-9-16(17)27)20-19(21(28)13-4-7-15(24)8-5-13)22(29)23(30)26(20)18-10-12(2)32-25-18/h4-11,20,27-28H,3H2,1-2H3/b21-19+/t20-/m1/s1. The van der Waals surface area contributed by atoms with Crippen LogP contribution in [-0.4, -0.2) is 33.7 Å². The molecule has 0 spiro atoms. The molecule has 8 nitrogen and oxygen atoms in total. The molecule has 1 fully saturated rings. The topological polar surface area (TPSA) is 113 Å². The number of phenols is 1. The van der Waals surface area contributed by atoms with Crippen LogP contribution in [0.5, 0.6) is 11.5 Å². The first kappa shape index (κ1) is 21.5. The second-order valence-electron chi connectivity index (χ2n) is 7.13. The lowest BCUT2D eigenvalue weighted by Crippen LogP contribution is -2.29. The van der Waals surface area contributed by atoms with Crippen molar-refractivity contribution in [3.05, 3.63) is 76.0 Å². The Morgan fingerprint density at radius 1 is 1.19 bits per heavy atom. The number of ether oxygens (including phenoxy) is 1. The zero-order chi connectivity index (χ0) is 23.0. The van der Waals surface area contributed by atoms with E-state index in [2.05, 4.69) is 5.16 Å². The van der Waals surface area contributed by atoms with E-state index in [9.17, 15) is 19.8 Å². The van der Waals surface area contributed by atoms with Crippen LogP contribution in [0.4, 0.5) is 5.82 Å². The first-order valence-electron chi connectivity index (χ1n) is 9.77. The Hall–Kier alpha value is -3.78. The lowest BCUT2D eigenvalue weighted by atomic mass is 9.95. The van der Waals surface area contributed by atoms with Crippen molar-refractivity contribution in [1.82, 2.24) is 5.16 Å². The summed E-state index contributed by atoms with van der Waals surface area (Å²) in [4.78, 5) is 27.2. The number of carbonyl (C=O) groups excluding carboxylic acids is 2. The van der Waals surface area contributed by atoms with Crippen LogP contribution in [0.1, 0.15) is 29.9 Å². The molecule has 1 atom stereocenters. The van der Waals surface area contributed by atoms with Crippen LogP contribution in [-0.2, 0) is 9.59 Å². The Kier molecular flexibility index (Phi) is 5.63. The molecule has 1 aliphatic rings. The van der Waals surface area contributed by atoms with E-state index in [-0.39, 0.29) is 28.6 Å². The minimum Gasteiger partial charge on any atom is -0.507 e. The molecule has 0 unspecified atom stereocenters. The van der Waals surface area contributed by atoms with E-state index >= 15 is 0 Å². The largest absolute Gasteiger partial charge is 0.507 e. The van der Waals surface area contributed by atoms with E-state index in [0.29, 0.717) is 28.5 Å². The molecule has 1 saturated heterocycles. The third-order valence-corrected chi connectivity index (χ3v) is 5.28. The van der Waals surface area contributed by atoms with Crippen molar-refractivity contribution in [3.8, 4) is 11.5 Å². The number of halogens is 1. The van der Waals surface area contributed by atoms with Gasteiger partial charge in [-0.25, -0.2) is 0 Å². The summed E-state index contributed by atoms with van der Waals surface area (Å²) < 4.78 is 10.6. The van der Waals surface area contributed by atoms with Gasteiger partial charge in [0.25, 0.3) is 5.78 Å². The monoisotopic (exact) mass is 454 g/mol. The average molecular weight is 455 g/mol. The van der Waals surface area contributed by atoms with Crippen molar-refractivity contribution in [2.75, 3.05) is 11.5 Å². The van der Waals surface area contributed by atoms with Gasteiger partial charge in [-0.05, 0) is 55.8 Å². The number of Topliss-reactive ketones (excluding diaryl/α,β-unsaturated/α-hetero) is 1. The molecule has 1 aliphatic heterocycles. The fourth-order valence-electron chi connectivity index (χ4n) is 3.59. The smallest absolute Gasteiger partial charge is 0.301 e. The summed E-state index contributed by atoms with van der Waals surface area (Å²) in [5.41, 5.74) is 0.616. The molecule has 4 rings (SSSR count). The van der Waals surface area contributed by atoms with E-state index < -0.39 is 17.7 Å². The summed E-state index contributed by atoms with van der Waals surface area (Å²) in [5.74, 6) is -1.46. The molecule has 1 amide bonds. The van der Waals surface area contributed by atoms with Crippen LogP contribution in [0.3, 0.4) is 0 Å². The van der Waals surface area contributed by atoms with Crippen molar-refractivity contribution in [2.45, 2.75) is 19.9 Å². The predicted molar refractivity (Wildman–Crippen MR) is 117 cm³/mol. The molecular weight excluding hydrogens is 436 g/mol. The molecule has 0 aliphatic carbocycles. The van der Waals surface area contributed by atoms with E-state index in [1.54, 1.807) is 44.2 Å². The van der Waals surface area contributed by atoms with Crippen molar-refractivity contribution >= 4 is 34.9 Å². The highest BCUT2D eigenvalue weighted by atomic mass is 35.5. The van der Waals surface area contributed by atoms with Gasteiger partial charge >= 0.3 is 5.91 Å². The normalized spacial score (nSPS) is 17.7. The minimum atomic E-state index is -1.03. The Labute approximate surface area is 188 Å². The maximum absolute atomic E-state index is 13.1. The van der Waals surface area contributed by atoms with Crippen LogP contribution in [0.2, 0.25) is 5.02 Å². The molecule has 9 heteroatoms. The zero-order valence-corrected chi connectivity index (χ0v) is 18.0. The van der Waals surface area contributed by atoms with Gasteiger partial charge < -0.3 is 19.5 Å². The van der Waals surface area contributed by atoms with Gasteiger partial charge in [0.05, 0.1) is 18.2 Å². The highest BCUT2D eigenvalue weighted by Crippen LogP contribution is 2.43. The number of aliphatic hydroxyl groups is 1. The predicted octanol–water partition coefficient (Wildman–Crippen LogP) is 4.37. The molecule has 0 saturated carbocycles. The number of carbonyl (C=O) groups is 2. The maximum Gasteiger partial charge on any atom is 0.301 e. The maximum atomic E-state index is 13.1. The molecule has 3 aromatic rings. The molecule has 2 heterocycles. The molecule has 32 heavy (non-hydrogen) atoms. The first-order chi connectivity index (χ1) is 15.3. The van der Waals surface area contributed by atoms with Gasteiger partial charge in [0.15, 0.2) is 17.3 Å². The number of hydrogen-bond acceptors (Lipinski definition) is 7. The fraction of sp³-hybridized carbons (Fsp3) is 0.174. The summed E-state index contributed by atoms with van der Waals surface area (Å²) >= 11 is 5.94. The number of aliphatic hydroxyl groups excluding tert-OH is 1. The number of ketones is 1. The van der Waals surface area contributed by atoms with Crippen LogP contribution in [0.15, 0.2) is 58.6 Å². The summed E-state index contributed by atoms with van der Waals surface area (Å²) in [5, 5.41) is 25.5. The number of hydrogen-bond donors (Lipinski definition) is 2. The van der Waals surface area contributed by atoms with Crippen LogP contribution in [0.25, 0.3) is 5.76 Å². The van der Waals surface area contributed by atoms with Crippen molar-refractivity contribution in [1.29, 1.82) is 0 Å². The molecule has 2 aromatic carbocycles. The molecule has 1 aromatic heterocycles. The number of amides is 1. The number of rotatable bonds is 5. The van der Waals surface area contributed by atoms with E-state index in [0.717, 1.165) is 4.90 Å². The van der Waals surface area contributed by atoms with Gasteiger partial charge in [0, 0.05) is 16.7 Å². The third kappa shape index (κ3) is 3.69. The van der Waals surface area contributed by atoms with E-state index in [1.807, 2.05) is 0 Å².